The zero-order valence-electron chi connectivity index (χ0n) is 12.3. The third-order valence-electron chi connectivity index (χ3n) is 3.23. The molecule has 0 atom stereocenters. The van der Waals surface area contributed by atoms with Gasteiger partial charge in [-0.25, -0.2) is 4.79 Å². The van der Waals surface area contributed by atoms with Crippen LogP contribution in [0.1, 0.15) is 16.7 Å². The second-order valence-corrected chi connectivity index (χ2v) is 4.82. The van der Waals surface area contributed by atoms with Gasteiger partial charge in [0.25, 0.3) is 5.69 Å². The molecule has 0 bridgehead atoms. The predicted molar refractivity (Wildman–Crippen MR) is 83.7 cm³/mol. The van der Waals surface area contributed by atoms with E-state index >= 15 is 0 Å². The van der Waals surface area contributed by atoms with E-state index in [2.05, 4.69) is 0 Å². The van der Waals surface area contributed by atoms with Crippen molar-refractivity contribution in [3.63, 3.8) is 0 Å². The summed E-state index contributed by atoms with van der Waals surface area (Å²) in [5, 5.41) is 10.9. The van der Waals surface area contributed by atoms with Gasteiger partial charge < -0.3 is 4.74 Å². The molecule has 2 rings (SSSR count). The number of benzene rings is 2. The van der Waals surface area contributed by atoms with Gasteiger partial charge in [-0.05, 0) is 49.2 Å². The summed E-state index contributed by atoms with van der Waals surface area (Å²) >= 11 is 0. The van der Waals surface area contributed by atoms with Crippen molar-refractivity contribution in [2.24, 2.45) is 0 Å². The molecule has 0 aromatic heterocycles. The van der Waals surface area contributed by atoms with Crippen LogP contribution in [-0.4, -0.2) is 10.9 Å². The highest BCUT2D eigenvalue weighted by atomic mass is 16.6. The van der Waals surface area contributed by atoms with Crippen LogP contribution in [0.5, 0.6) is 5.75 Å². The van der Waals surface area contributed by atoms with Gasteiger partial charge in [-0.3, -0.25) is 10.1 Å². The topological polar surface area (TPSA) is 69.4 Å². The molecule has 5 heteroatoms. The summed E-state index contributed by atoms with van der Waals surface area (Å²) in [6, 6.07) is 11.5. The van der Waals surface area contributed by atoms with E-state index in [1.807, 2.05) is 19.9 Å². The molecule has 0 amide bonds. The van der Waals surface area contributed by atoms with Gasteiger partial charge in [0.15, 0.2) is 0 Å². The van der Waals surface area contributed by atoms with E-state index in [4.69, 9.17) is 4.74 Å². The molecular formula is C17H15NO4. The van der Waals surface area contributed by atoms with Crippen LogP contribution in [-0.2, 0) is 4.79 Å². The van der Waals surface area contributed by atoms with Crippen molar-refractivity contribution >= 4 is 17.7 Å². The van der Waals surface area contributed by atoms with E-state index in [1.54, 1.807) is 30.3 Å². The quantitative estimate of drug-likeness (QED) is 0.283. The molecule has 0 aliphatic carbocycles. The maximum absolute atomic E-state index is 11.8. The van der Waals surface area contributed by atoms with E-state index in [0.29, 0.717) is 11.3 Å². The molecule has 2 aromatic carbocycles. The Kier molecular flexibility index (Phi) is 4.68. The number of hydrogen-bond acceptors (Lipinski definition) is 4. The SMILES string of the molecule is Cc1ccc(OC(=O)/C=C/c2ccccc2[N+](=O)[O-])cc1C. The van der Waals surface area contributed by atoms with Crippen LogP contribution < -0.4 is 4.74 Å². The zero-order valence-corrected chi connectivity index (χ0v) is 12.3. The molecule has 0 saturated heterocycles. The van der Waals surface area contributed by atoms with Crippen LogP contribution in [0.2, 0.25) is 0 Å². The Morgan fingerprint density at radius 2 is 1.86 bits per heavy atom. The fourth-order valence-electron chi connectivity index (χ4n) is 1.88. The average Bonchev–Trinajstić information content (AvgIpc) is 2.49. The Hall–Kier alpha value is -2.95. The highest BCUT2D eigenvalue weighted by Crippen LogP contribution is 2.20. The van der Waals surface area contributed by atoms with Gasteiger partial charge in [0.1, 0.15) is 5.75 Å². The summed E-state index contributed by atoms with van der Waals surface area (Å²) < 4.78 is 5.18. The van der Waals surface area contributed by atoms with Crippen LogP contribution in [0.15, 0.2) is 48.5 Å². The first kappa shape index (κ1) is 15.4. The van der Waals surface area contributed by atoms with Crippen LogP contribution in [0, 0.1) is 24.0 Å². The molecule has 0 N–H and O–H groups in total. The van der Waals surface area contributed by atoms with E-state index in [1.165, 1.54) is 18.2 Å². The molecule has 22 heavy (non-hydrogen) atoms. The Morgan fingerprint density at radius 3 is 2.55 bits per heavy atom. The smallest absolute Gasteiger partial charge is 0.336 e. The number of ether oxygens (including phenoxy) is 1. The molecule has 0 fully saturated rings. The lowest BCUT2D eigenvalue weighted by atomic mass is 10.1. The lowest BCUT2D eigenvalue weighted by molar-refractivity contribution is -0.385. The minimum atomic E-state index is -0.582. The molecule has 0 aliphatic rings. The van der Waals surface area contributed by atoms with Crippen molar-refractivity contribution in [2.45, 2.75) is 13.8 Å². The lowest BCUT2D eigenvalue weighted by Gasteiger charge is -2.04. The molecule has 112 valence electrons. The number of esters is 1. The number of hydrogen-bond donors (Lipinski definition) is 0. The highest BCUT2D eigenvalue weighted by molar-refractivity contribution is 5.89. The number of rotatable bonds is 4. The van der Waals surface area contributed by atoms with Crippen molar-refractivity contribution in [2.75, 3.05) is 0 Å². The Bertz CT molecular complexity index is 750. The second kappa shape index (κ2) is 6.67. The Balaban J connectivity index is 2.12. The van der Waals surface area contributed by atoms with Gasteiger partial charge in [-0.15, -0.1) is 0 Å². The maximum atomic E-state index is 11.8. The molecule has 0 spiro atoms. The zero-order chi connectivity index (χ0) is 16.1. The average molecular weight is 297 g/mol. The molecule has 0 saturated carbocycles. The second-order valence-electron chi connectivity index (χ2n) is 4.82. The summed E-state index contributed by atoms with van der Waals surface area (Å²) in [5.74, 6) is -0.137. The van der Waals surface area contributed by atoms with Crippen molar-refractivity contribution in [3.05, 3.63) is 75.3 Å². The summed E-state index contributed by atoms with van der Waals surface area (Å²) in [7, 11) is 0. The summed E-state index contributed by atoms with van der Waals surface area (Å²) in [4.78, 5) is 22.2. The Morgan fingerprint density at radius 1 is 1.14 bits per heavy atom. The summed E-state index contributed by atoms with van der Waals surface area (Å²) in [6.07, 6.45) is 2.55. The molecule has 0 heterocycles. The van der Waals surface area contributed by atoms with E-state index in [-0.39, 0.29) is 5.69 Å². The number of nitrogens with zero attached hydrogens (tertiary/aromatic N) is 1. The monoisotopic (exact) mass is 297 g/mol. The lowest BCUT2D eigenvalue weighted by Crippen LogP contribution is -2.04. The third kappa shape index (κ3) is 3.79. The first-order valence-electron chi connectivity index (χ1n) is 6.68. The van der Waals surface area contributed by atoms with Crippen molar-refractivity contribution in [3.8, 4) is 5.75 Å². The van der Waals surface area contributed by atoms with Gasteiger partial charge in [0, 0.05) is 12.1 Å². The number of nitro groups is 1. The molecule has 0 radical (unpaired) electrons. The normalized spacial score (nSPS) is 10.6. The molecule has 0 unspecified atom stereocenters. The van der Waals surface area contributed by atoms with Crippen LogP contribution in [0.3, 0.4) is 0 Å². The number of para-hydroxylation sites is 1. The van der Waals surface area contributed by atoms with E-state index < -0.39 is 10.9 Å². The Labute approximate surface area is 128 Å². The highest BCUT2D eigenvalue weighted by Gasteiger charge is 2.10. The van der Waals surface area contributed by atoms with E-state index in [9.17, 15) is 14.9 Å². The molecular weight excluding hydrogens is 282 g/mol. The molecule has 5 nitrogen and oxygen atoms in total. The standard InChI is InChI=1S/C17H15NO4/c1-12-7-9-15(11-13(12)2)22-17(19)10-8-14-5-3-4-6-16(14)18(20)21/h3-11H,1-2H3/b10-8+. The summed E-state index contributed by atoms with van der Waals surface area (Å²) in [5.41, 5.74) is 2.42. The number of nitro benzene ring substituents is 1. The fraction of sp³-hybridized carbons (Fsp3) is 0.118. The van der Waals surface area contributed by atoms with E-state index in [0.717, 1.165) is 11.1 Å². The van der Waals surface area contributed by atoms with Crippen LogP contribution in [0.25, 0.3) is 6.08 Å². The van der Waals surface area contributed by atoms with Crippen LogP contribution >= 0.6 is 0 Å². The van der Waals surface area contributed by atoms with Gasteiger partial charge in [0.2, 0.25) is 0 Å². The first-order chi connectivity index (χ1) is 10.5. The predicted octanol–water partition coefficient (Wildman–Crippen LogP) is 3.83. The van der Waals surface area contributed by atoms with Gasteiger partial charge >= 0.3 is 5.97 Å². The van der Waals surface area contributed by atoms with Crippen molar-refractivity contribution in [1.82, 2.24) is 0 Å². The maximum Gasteiger partial charge on any atom is 0.336 e. The minimum Gasteiger partial charge on any atom is -0.423 e. The van der Waals surface area contributed by atoms with Crippen LogP contribution in [0.4, 0.5) is 5.69 Å². The molecule has 2 aromatic rings. The number of aryl methyl sites for hydroxylation is 2. The minimum absolute atomic E-state index is 0.0577. The van der Waals surface area contributed by atoms with Gasteiger partial charge in [-0.1, -0.05) is 18.2 Å². The number of carbonyl (C=O) groups excluding carboxylic acids is 1. The summed E-state index contributed by atoms with van der Waals surface area (Å²) in [6.45, 7) is 3.89. The van der Waals surface area contributed by atoms with Gasteiger partial charge in [0.05, 0.1) is 10.5 Å². The van der Waals surface area contributed by atoms with Gasteiger partial charge in [-0.2, -0.15) is 0 Å². The largest absolute Gasteiger partial charge is 0.423 e. The number of carbonyl (C=O) groups is 1. The molecule has 0 aliphatic heterocycles. The first-order valence-corrected chi connectivity index (χ1v) is 6.68. The van der Waals surface area contributed by atoms with Crippen molar-refractivity contribution < 1.29 is 14.5 Å². The third-order valence-corrected chi connectivity index (χ3v) is 3.23. The fourth-order valence-corrected chi connectivity index (χ4v) is 1.88. The van der Waals surface area contributed by atoms with Crippen molar-refractivity contribution in [1.29, 1.82) is 0 Å².